The molecule has 87 valence electrons. The van der Waals surface area contributed by atoms with Gasteiger partial charge in [-0.05, 0) is 0 Å². The summed E-state index contributed by atoms with van der Waals surface area (Å²) in [5, 5.41) is 0. The molecule has 0 N–H and O–H groups in total. The van der Waals surface area contributed by atoms with Crippen molar-refractivity contribution in [3.8, 4) is 0 Å². The van der Waals surface area contributed by atoms with Gasteiger partial charge in [-0.2, -0.15) is 22.0 Å². The van der Waals surface area contributed by atoms with E-state index in [1.165, 1.54) is 0 Å². The van der Waals surface area contributed by atoms with Crippen molar-refractivity contribution in [1.82, 2.24) is 0 Å². The Morgan fingerprint density at radius 1 is 1.00 bits per heavy atom. The van der Waals surface area contributed by atoms with Crippen LogP contribution < -0.4 is 0 Å². The van der Waals surface area contributed by atoms with E-state index in [1.54, 1.807) is 0 Å². The molecule has 0 spiro atoms. The van der Waals surface area contributed by atoms with Gasteiger partial charge in [0.05, 0.1) is 0 Å². The molecule has 0 bridgehead atoms. The molecule has 0 aliphatic heterocycles. The molecule has 3 nitrogen and oxygen atoms in total. The smallest absolute Gasteiger partial charge is 0.282 e. The van der Waals surface area contributed by atoms with Crippen LogP contribution in [-0.4, -0.2) is 23.9 Å². The van der Waals surface area contributed by atoms with E-state index in [0.717, 1.165) is 0 Å². The molecule has 0 aromatic heterocycles. The molecule has 1 radical (unpaired) electrons. The summed E-state index contributed by atoms with van der Waals surface area (Å²) in [7, 11) is 0. The van der Waals surface area contributed by atoms with Crippen molar-refractivity contribution in [3.05, 3.63) is 0 Å². The van der Waals surface area contributed by atoms with Crippen LogP contribution in [-0.2, 0) is 36.9 Å². The Morgan fingerprint density at radius 2 is 1.36 bits per heavy atom. The van der Waals surface area contributed by atoms with Gasteiger partial charge in [0.1, 0.15) is 0 Å². The Labute approximate surface area is 87.8 Å². The summed E-state index contributed by atoms with van der Waals surface area (Å²) in [6, 6.07) is 0. The molecule has 0 unspecified atom stereocenters. The first-order valence-electron chi connectivity index (χ1n) is 2.46. The van der Waals surface area contributed by atoms with E-state index in [-0.39, 0.29) is 22.4 Å². The average Bonchev–Trinajstić information content (AvgIpc) is 1.99. The molecule has 0 fully saturated rings. The summed E-state index contributed by atoms with van der Waals surface area (Å²) < 4.78 is 68.5. The SMILES string of the molecule is O=C(OF)C(F)(F)C(=O)C(F)(F)F.[Ag]. The van der Waals surface area contributed by atoms with Crippen molar-refractivity contribution in [3.63, 3.8) is 0 Å². The van der Waals surface area contributed by atoms with E-state index in [1.807, 2.05) is 4.94 Å². The number of carbonyl (C=O) groups is 2. The minimum Gasteiger partial charge on any atom is -0.282 e. The average molecular weight is 318 g/mol. The largest absolute Gasteiger partial charge is 0.457 e. The van der Waals surface area contributed by atoms with Crippen molar-refractivity contribution >= 4 is 11.8 Å². The summed E-state index contributed by atoms with van der Waals surface area (Å²) in [5.41, 5.74) is 0. The fourth-order valence-corrected chi connectivity index (χ4v) is 0.319. The van der Waals surface area contributed by atoms with Crippen LogP contribution in [0.15, 0.2) is 0 Å². The molecule has 14 heavy (non-hydrogen) atoms. The zero-order valence-electron chi connectivity index (χ0n) is 5.79. The second-order valence-corrected chi connectivity index (χ2v) is 1.77. The molecule has 10 heteroatoms. The van der Waals surface area contributed by atoms with Crippen LogP contribution in [0.2, 0.25) is 0 Å². The maximum atomic E-state index is 11.9. The predicted octanol–water partition coefficient (Wildman–Crippen LogP) is 1.18. The van der Waals surface area contributed by atoms with Gasteiger partial charge in [0.25, 0.3) is 0 Å². The third-order valence-electron chi connectivity index (χ3n) is 0.869. The topological polar surface area (TPSA) is 43.4 Å². The molecule has 0 aromatic rings. The Hall–Kier alpha value is -0.540. The molecule has 0 aromatic carbocycles. The van der Waals surface area contributed by atoms with Crippen molar-refractivity contribution in [2.45, 2.75) is 12.1 Å². The monoisotopic (exact) mass is 317 g/mol. The first kappa shape index (κ1) is 15.9. The van der Waals surface area contributed by atoms with E-state index in [2.05, 4.69) is 0 Å². The van der Waals surface area contributed by atoms with Crippen LogP contribution in [0, 0.1) is 0 Å². The van der Waals surface area contributed by atoms with E-state index in [4.69, 9.17) is 0 Å². The third kappa shape index (κ3) is 3.31. The number of rotatable bonds is 2. The predicted molar refractivity (Wildman–Crippen MR) is 23.2 cm³/mol. The number of hydrogen-bond acceptors (Lipinski definition) is 3. The number of carbonyl (C=O) groups excluding carboxylic acids is 2. The minimum atomic E-state index is -5.93. The standard InChI is InChI=1S/C4F6O3.Ag/c5-3(6,2(12)13-10)1(11)4(7,8)9;. The number of ketones is 1. The summed E-state index contributed by atoms with van der Waals surface area (Å²) in [5.74, 6) is -12.4. The van der Waals surface area contributed by atoms with E-state index in [9.17, 15) is 36.1 Å². The quantitative estimate of drug-likeness (QED) is 0.436. The van der Waals surface area contributed by atoms with Crippen molar-refractivity contribution in [2.24, 2.45) is 0 Å². The van der Waals surface area contributed by atoms with Gasteiger partial charge in [-0.3, -0.25) is 4.79 Å². The molecule has 0 rings (SSSR count). The Balaban J connectivity index is 0. The Morgan fingerprint density at radius 3 is 1.57 bits per heavy atom. The van der Waals surface area contributed by atoms with E-state index in [0.29, 0.717) is 0 Å². The fraction of sp³-hybridized carbons (Fsp3) is 0.500. The van der Waals surface area contributed by atoms with Crippen LogP contribution in [0.3, 0.4) is 0 Å². The maximum Gasteiger partial charge on any atom is 0.457 e. The fourth-order valence-electron chi connectivity index (χ4n) is 0.319. The number of Topliss-reactive ketones (excluding diaryl/α,β-unsaturated/α-hetero) is 1. The van der Waals surface area contributed by atoms with Gasteiger partial charge in [-0.15, -0.1) is 0 Å². The second kappa shape index (κ2) is 4.80. The molecule has 0 atom stereocenters. The van der Waals surface area contributed by atoms with Crippen molar-refractivity contribution in [2.75, 3.05) is 0 Å². The first-order valence-corrected chi connectivity index (χ1v) is 2.46. The first-order chi connectivity index (χ1) is 5.64. The van der Waals surface area contributed by atoms with Crippen LogP contribution in [0.4, 0.5) is 26.5 Å². The zero-order valence-corrected chi connectivity index (χ0v) is 7.28. The van der Waals surface area contributed by atoms with Crippen molar-refractivity contribution in [1.29, 1.82) is 0 Å². The van der Waals surface area contributed by atoms with Gasteiger partial charge < -0.3 is 0 Å². The maximum absolute atomic E-state index is 11.9. The zero-order chi connectivity index (χ0) is 10.9. The summed E-state index contributed by atoms with van der Waals surface area (Å²) in [6.07, 6.45) is -5.93. The molecular formula is C4AgF6O3. The molecule has 0 saturated carbocycles. The van der Waals surface area contributed by atoms with Crippen LogP contribution in [0.25, 0.3) is 0 Å². The van der Waals surface area contributed by atoms with Gasteiger partial charge in [-0.1, -0.05) is 0 Å². The normalized spacial score (nSPS) is 11.6. The molecule has 0 saturated heterocycles. The van der Waals surface area contributed by atoms with Gasteiger partial charge in [0, 0.05) is 26.9 Å². The minimum absolute atomic E-state index is 0. The van der Waals surface area contributed by atoms with Gasteiger partial charge in [0.15, 0.2) is 0 Å². The second-order valence-electron chi connectivity index (χ2n) is 1.77. The number of hydrogen-bond donors (Lipinski definition) is 0. The van der Waals surface area contributed by atoms with E-state index < -0.39 is 23.9 Å². The summed E-state index contributed by atoms with van der Waals surface area (Å²) in [6.45, 7) is 0. The molecule has 0 amide bonds. The molecular weight excluding hydrogens is 318 g/mol. The molecule has 0 heterocycles. The van der Waals surface area contributed by atoms with E-state index >= 15 is 0 Å². The summed E-state index contributed by atoms with van der Waals surface area (Å²) >= 11 is 0. The van der Waals surface area contributed by atoms with Gasteiger partial charge >= 0.3 is 23.9 Å². The Bertz CT molecular complexity index is 236. The van der Waals surface area contributed by atoms with Crippen LogP contribution >= 0.6 is 0 Å². The third-order valence-corrected chi connectivity index (χ3v) is 0.869. The number of halogens is 6. The van der Waals surface area contributed by atoms with Gasteiger partial charge in [0.2, 0.25) is 0 Å². The van der Waals surface area contributed by atoms with Crippen molar-refractivity contribution < 1.29 is 63.4 Å². The molecule has 0 aliphatic rings. The summed E-state index contributed by atoms with van der Waals surface area (Å²) in [4.78, 5) is 21.2. The number of alkyl halides is 5. The van der Waals surface area contributed by atoms with Crippen LogP contribution in [0.5, 0.6) is 0 Å². The van der Waals surface area contributed by atoms with Gasteiger partial charge in [-0.25, -0.2) is 9.74 Å². The molecule has 0 aliphatic carbocycles. The Kier molecular flexibility index (Phi) is 5.46. The van der Waals surface area contributed by atoms with Crippen LogP contribution in [0.1, 0.15) is 0 Å².